The van der Waals surface area contributed by atoms with Crippen LogP contribution < -0.4 is 5.06 Å². The zero-order valence-corrected chi connectivity index (χ0v) is 8.14. The fourth-order valence-electron chi connectivity index (χ4n) is 1.88. The van der Waals surface area contributed by atoms with Gasteiger partial charge in [-0.25, -0.2) is 0 Å². The molecule has 0 saturated carbocycles. The molecule has 1 rings (SSSR count). The van der Waals surface area contributed by atoms with Gasteiger partial charge in [-0.2, -0.15) is 0 Å². The lowest BCUT2D eigenvalue weighted by Crippen LogP contribution is -3.20. The Labute approximate surface area is 73.3 Å². The fourth-order valence-corrected chi connectivity index (χ4v) is 1.88. The summed E-state index contributed by atoms with van der Waals surface area (Å²) in [5, 5.41) is 21.0. The number of aliphatic hydroxyl groups excluding tert-OH is 1. The molecule has 0 spiro atoms. The second kappa shape index (κ2) is 2.55. The van der Waals surface area contributed by atoms with E-state index in [2.05, 4.69) is 0 Å². The highest BCUT2D eigenvalue weighted by atomic mass is 16.5. The molecular formula is C9H17NO2. The van der Waals surface area contributed by atoms with Gasteiger partial charge in [0.2, 0.25) is 0 Å². The van der Waals surface area contributed by atoms with Crippen molar-refractivity contribution in [2.75, 3.05) is 6.61 Å². The molecule has 0 bridgehead atoms. The summed E-state index contributed by atoms with van der Waals surface area (Å²) in [6.45, 7) is 7.50. The van der Waals surface area contributed by atoms with Crippen molar-refractivity contribution in [2.24, 2.45) is 0 Å². The predicted octanol–water partition coefficient (Wildman–Crippen LogP) is -0.141. The summed E-state index contributed by atoms with van der Waals surface area (Å²) >= 11 is 0. The van der Waals surface area contributed by atoms with Gasteiger partial charge in [0, 0.05) is 5.57 Å². The standard InChI is InChI=1S/C9H17NO2/c1-8(2)5-7(6-11)9(3,4)10(8)12/h5,10-11H,6H2,1-4H3. The maximum Gasteiger partial charge on any atom is 0.116 e. The second-order valence-electron chi connectivity index (χ2n) is 4.50. The normalized spacial score (nSPS) is 31.8. The largest absolute Gasteiger partial charge is 0.633 e. The van der Waals surface area contributed by atoms with Crippen LogP contribution in [0.25, 0.3) is 0 Å². The van der Waals surface area contributed by atoms with Crippen LogP contribution in [0, 0.1) is 5.21 Å². The Bertz CT molecular complexity index is 219. The van der Waals surface area contributed by atoms with Gasteiger partial charge in [0.25, 0.3) is 0 Å². The number of quaternary nitrogens is 1. The van der Waals surface area contributed by atoms with Crippen molar-refractivity contribution in [3.05, 3.63) is 16.9 Å². The summed E-state index contributed by atoms with van der Waals surface area (Å²) in [6, 6.07) is 0. The fraction of sp³-hybridized carbons (Fsp3) is 0.778. The van der Waals surface area contributed by atoms with Crippen LogP contribution in [0.15, 0.2) is 11.6 Å². The Morgan fingerprint density at radius 2 is 1.92 bits per heavy atom. The van der Waals surface area contributed by atoms with Crippen LogP contribution in [-0.4, -0.2) is 22.8 Å². The minimum Gasteiger partial charge on any atom is -0.633 e. The minimum absolute atomic E-state index is 0.0117. The molecule has 1 unspecified atom stereocenters. The van der Waals surface area contributed by atoms with Crippen molar-refractivity contribution in [3.63, 3.8) is 0 Å². The summed E-state index contributed by atoms with van der Waals surface area (Å²) in [5.41, 5.74) is -0.0303. The Morgan fingerprint density at radius 1 is 1.42 bits per heavy atom. The second-order valence-corrected chi connectivity index (χ2v) is 4.50. The lowest BCUT2D eigenvalue weighted by molar-refractivity contribution is -0.927. The van der Waals surface area contributed by atoms with Gasteiger partial charge < -0.3 is 15.4 Å². The number of aliphatic hydroxyl groups is 1. The van der Waals surface area contributed by atoms with Crippen LogP contribution in [0.4, 0.5) is 0 Å². The highest BCUT2D eigenvalue weighted by Gasteiger charge is 2.44. The first kappa shape index (κ1) is 9.71. The lowest BCUT2D eigenvalue weighted by atomic mass is 9.98. The monoisotopic (exact) mass is 171 g/mol. The van der Waals surface area contributed by atoms with E-state index in [0.717, 1.165) is 5.57 Å². The number of hydrogen-bond acceptors (Lipinski definition) is 2. The zero-order valence-electron chi connectivity index (χ0n) is 8.14. The van der Waals surface area contributed by atoms with Gasteiger partial charge in [-0.1, -0.05) is 0 Å². The van der Waals surface area contributed by atoms with Gasteiger partial charge in [0.15, 0.2) is 0 Å². The molecule has 0 radical (unpaired) electrons. The average molecular weight is 171 g/mol. The molecule has 0 saturated heterocycles. The van der Waals surface area contributed by atoms with Crippen LogP contribution in [0.2, 0.25) is 0 Å². The first-order valence-corrected chi connectivity index (χ1v) is 4.20. The average Bonchev–Trinajstić information content (AvgIpc) is 2.11. The molecule has 12 heavy (non-hydrogen) atoms. The van der Waals surface area contributed by atoms with Crippen molar-refractivity contribution in [3.8, 4) is 0 Å². The van der Waals surface area contributed by atoms with Crippen LogP contribution in [0.1, 0.15) is 27.7 Å². The van der Waals surface area contributed by atoms with Crippen LogP contribution in [0.5, 0.6) is 0 Å². The van der Waals surface area contributed by atoms with Crippen LogP contribution in [0.3, 0.4) is 0 Å². The molecule has 0 amide bonds. The van der Waals surface area contributed by atoms with Crippen molar-refractivity contribution in [1.29, 1.82) is 0 Å². The van der Waals surface area contributed by atoms with Crippen LogP contribution >= 0.6 is 0 Å². The zero-order chi connectivity index (χ0) is 9.57. The summed E-state index contributed by atoms with van der Waals surface area (Å²) < 4.78 is 0. The van der Waals surface area contributed by atoms with E-state index in [-0.39, 0.29) is 11.7 Å². The van der Waals surface area contributed by atoms with E-state index in [4.69, 9.17) is 5.11 Å². The smallest absolute Gasteiger partial charge is 0.116 e. The number of rotatable bonds is 1. The molecule has 0 aromatic rings. The van der Waals surface area contributed by atoms with Crippen molar-refractivity contribution >= 4 is 0 Å². The third kappa shape index (κ3) is 1.18. The van der Waals surface area contributed by atoms with Crippen molar-refractivity contribution in [1.82, 2.24) is 0 Å². The Kier molecular flexibility index (Phi) is 2.07. The van der Waals surface area contributed by atoms with Gasteiger partial charge >= 0.3 is 0 Å². The molecular weight excluding hydrogens is 154 g/mol. The van der Waals surface area contributed by atoms with E-state index in [1.165, 1.54) is 0 Å². The molecule has 3 heteroatoms. The number of hydrogen-bond donors (Lipinski definition) is 2. The van der Waals surface area contributed by atoms with Gasteiger partial charge in [-0.15, -0.1) is 0 Å². The molecule has 0 aromatic heterocycles. The summed E-state index contributed by atoms with van der Waals surface area (Å²) in [6.07, 6.45) is 1.88. The number of nitrogens with one attached hydrogen (secondary N) is 1. The highest BCUT2D eigenvalue weighted by Crippen LogP contribution is 2.23. The molecule has 1 aliphatic heterocycles. The van der Waals surface area contributed by atoms with Gasteiger partial charge in [-0.3, -0.25) is 0 Å². The Balaban J connectivity index is 3.03. The SMILES string of the molecule is CC1(C)C=C(CO)C(C)(C)[NH+]1[O-]. The van der Waals surface area contributed by atoms with Gasteiger partial charge in [-0.05, 0) is 33.8 Å². The molecule has 1 atom stereocenters. The van der Waals surface area contributed by atoms with E-state index >= 15 is 0 Å². The van der Waals surface area contributed by atoms with Crippen LogP contribution in [-0.2, 0) is 0 Å². The molecule has 1 aliphatic rings. The minimum atomic E-state index is -0.474. The maximum atomic E-state index is 11.8. The van der Waals surface area contributed by atoms with E-state index in [0.29, 0.717) is 0 Å². The summed E-state index contributed by atoms with van der Waals surface area (Å²) in [5.74, 6) is 0. The Hall–Kier alpha value is -0.380. The third-order valence-corrected chi connectivity index (χ3v) is 2.66. The first-order chi connectivity index (χ1) is 5.32. The quantitative estimate of drug-likeness (QED) is 0.426. The van der Waals surface area contributed by atoms with E-state index in [9.17, 15) is 5.21 Å². The van der Waals surface area contributed by atoms with E-state index in [1.807, 2.05) is 33.8 Å². The highest BCUT2D eigenvalue weighted by molar-refractivity contribution is 5.23. The van der Waals surface area contributed by atoms with Crippen molar-refractivity contribution in [2.45, 2.75) is 38.8 Å². The topological polar surface area (TPSA) is 47.7 Å². The summed E-state index contributed by atoms with van der Waals surface area (Å²) in [4.78, 5) is 0. The molecule has 3 nitrogen and oxygen atoms in total. The molecule has 0 aromatic carbocycles. The maximum absolute atomic E-state index is 11.8. The Morgan fingerprint density at radius 3 is 2.08 bits per heavy atom. The van der Waals surface area contributed by atoms with Gasteiger partial charge in [0.05, 0.1) is 6.61 Å². The molecule has 1 heterocycles. The lowest BCUT2D eigenvalue weighted by Gasteiger charge is -2.41. The molecule has 2 N–H and O–H groups in total. The molecule has 0 aliphatic carbocycles. The first-order valence-electron chi connectivity index (χ1n) is 4.20. The summed E-state index contributed by atoms with van der Waals surface area (Å²) in [7, 11) is 0. The molecule has 70 valence electrons. The predicted molar refractivity (Wildman–Crippen MR) is 47.7 cm³/mol. The van der Waals surface area contributed by atoms with E-state index < -0.39 is 11.1 Å². The molecule has 0 fully saturated rings. The van der Waals surface area contributed by atoms with Crippen molar-refractivity contribution < 1.29 is 10.2 Å². The van der Waals surface area contributed by atoms with Gasteiger partial charge in [0.1, 0.15) is 11.1 Å². The third-order valence-electron chi connectivity index (χ3n) is 2.66. The number of hydroxylamine groups is 2. The van der Waals surface area contributed by atoms with E-state index in [1.54, 1.807) is 0 Å².